The van der Waals surface area contributed by atoms with Crippen molar-refractivity contribution in [1.29, 1.82) is 5.41 Å². The first-order valence-corrected chi connectivity index (χ1v) is 7.29. The van der Waals surface area contributed by atoms with Gasteiger partial charge in [0.15, 0.2) is 0 Å². The summed E-state index contributed by atoms with van der Waals surface area (Å²) in [5, 5.41) is 7.72. The van der Waals surface area contributed by atoms with Crippen LogP contribution in [0, 0.1) is 5.41 Å². The van der Waals surface area contributed by atoms with Crippen molar-refractivity contribution in [3.05, 3.63) is 28.2 Å². The van der Waals surface area contributed by atoms with Crippen LogP contribution in [0.3, 0.4) is 0 Å². The molecule has 0 aromatic heterocycles. The predicted octanol–water partition coefficient (Wildman–Crippen LogP) is 3.50. The third kappa shape index (κ3) is 2.86. The predicted molar refractivity (Wildman–Crippen MR) is 80.4 cm³/mol. The van der Waals surface area contributed by atoms with Crippen LogP contribution >= 0.6 is 15.9 Å². The Balaban J connectivity index is 2.40. The number of hydrogen-bond donors (Lipinski definition) is 2. The Labute approximate surface area is 117 Å². The second-order valence-corrected chi connectivity index (χ2v) is 5.88. The van der Waals surface area contributed by atoms with Gasteiger partial charge in [-0.1, -0.05) is 28.8 Å². The summed E-state index contributed by atoms with van der Waals surface area (Å²) >= 11 is 3.51. The molecule has 4 heteroatoms. The van der Waals surface area contributed by atoms with Crippen molar-refractivity contribution in [2.75, 3.05) is 11.4 Å². The monoisotopic (exact) mass is 309 g/mol. The van der Waals surface area contributed by atoms with E-state index >= 15 is 0 Å². The van der Waals surface area contributed by atoms with Gasteiger partial charge in [0.2, 0.25) is 0 Å². The maximum absolute atomic E-state index is 7.72. The lowest BCUT2D eigenvalue weighted by Gasteiger charge is -2.31. The third-order valence-corrected chi connectivity index (χ3v) is 4.11. The van der Waals surface area contributed by atoms with E-state index in [1.54, 1.807) is 0 Å². The average molecular weight is 310 g/mol. The first kappa shape index (κ1) is 13.4. The van der Waals surface area contributed by atoms with Crippen LogP contribution in [0.5, 0.6) is 0 Å². The van der Waals surface area contributed by atoms with E-state index in [4.69, 9.17) is 11.1 Å². The second-order valence-electron chi connectivity index (χ2n) is 4.97. The van der Waals surface area contributed by atoms with Crippen LogP contribution < -0.4 is 10.6 Å². The van der Waals surface area contributed by atoms with Crippen LogP contribution in [-0.2, 0) is 0 Å². The highest BCUT2D eigenvalue weighted by molar-refractivity contribution is 9.10. The van der Waals surface area contributed by atoms with Gasteiger partial charge in [0.25, 0.3) is 0 Å². The Hall–Kier alpha value is -1.03. The molecule has 1 unspecified atom stereocenters. The number of nitrogens with two attached hydrogens (primary N) is 1. The summed E-state index contributed by atoms with van der Waals surface area (Å²) in [4.78, 5) is 2.40. The number of hydrogen-bond acceptors (Lipinski definition) is 2. The van der Waals surface area contributed by atoms with Crippen molar-refractivity contribution in [3.63, 3.8) is 0 Å². The van der Waals surface area contributed by atoms with Crippen molar-refractivity contribution >= 4 is 27.5 Å². The van der Waals surface area contributed by atoms with Gasteiger partial charge in [0.1, 0.15) is 5.84 Å². The van der Waals surface area contributed by atoms with E-state index in [-0.39, 0.29) is 5.84 Å². The number of rotatable bonds is 2. The van der Waals surface area contributed by atoms with Crippen molar-refractivity contribution in [1.82, 2.24) is 0 Å². The van der Waals surface area contributed by atoms with Crippen LogP contribution in [-0.4, -0.2) is 18.4 Å². The SMILES string of the molecule is CC1CCCCCN1c1cc(Br)ccc1C(=N)N. The van der Waals surface area contributed by atoms with Crippen molar-refractivity contribution in [3.8, 4) is 0 Å². The van der Waals surface area contributed by atoms with Gasteiger partial charge in [-0.3, -0.25) is 5.41 Å². The van der Waals surface area contributed by atoms with E-state index in [1.165, 1.54) is 25.7 Å². The van der Waals surface area contributed by atoms with Crippen molar-refractivity contribution in [2.45, 2.75) is 38.6 Å². The Morgan fingerprint density at radius 1 is 1.39 bits per heavy atom. The largest absolute Gasteiger partial charge is 0.384 e. The first-order chi connectivity index (χ1) is 8.59. The molecule has 0 bridgehead atoms. The quantitative estimate of drug-likeness (QED) is 0.649. The number of nitrogens with one attached hydrogen (secondary N) is 1. The molecule has 1 atom stereocenters. The number of anilines is 1. The lowest BCUT2D eigenvalue weighted by Crippen LogP contribution is -2.34. The molecule has 1 fully saturated rings. The smallest absolute Gasteiger partial charge is 0.124 e. The van der Waals surface area contributed by atoms with E-state index in [9.17, 15) is 0 Å². The molecule has 1 aliphatic rings. The minimum absolute atomic E-state index is 0.147. The zero-order valence-corrected chi connectivity index (χ0v) is 12.3. The molecule has 98 valence electrons. The number of amidine groups is 1. The number of nitrogen functional groups attached to an aromatic ring is 1. The van der Waals surface area contributed by atoms with Crippen LogP contribution in [0.4, 0.5) is 5.69 Å². The standard InChI is InChI=1S/C14H20BrN3/c1-10-5-3-2-4-8-18(10)13-9-11(15)6-7-12(13)14(16)17/h6-7,9-10H,2-5,8H2,1H3,(H3,16,17). The number of benzene rings is 1. The molecule has 3 nitrogen and oxygen atoms in total. The molecule has 0 radical (unpaired) electrons. The van der Waals surface area contributed by atoms with Crippen LogP contribution in [0.15, 0.2) is 22.7 Å². The first-order valence-electron chi connectivity index (χ1n) is 6.50. The summed E-state index contributed by atoms with van der Waals surface area (Å²) < 4.78 is 1.04. The molecule has 18 heavy (non-hydrogen) atoms. The van der Waals surface area contributed by atoms with Crippen molar-refractivity contribution in [2.24, 2.45) is 5.73 Å². The Kier molecular flexibility index (Phi) is 4.27. The highest BCUT2D eigenvalue weighted by atomic mass is 79.9. The van der Waals surface area contributed by atoms with E-state index in [1.807, 2.05) is 12.1 Å². The van der Waals surface area contributed by atoms with Gasteiger partial charge >= 0.3 is 0 Å². The summed E-state index contributed by atoms with van der Waals surface area (Å²) in [6.07, 6.45) is 5.02. The highest BCUT2D eigenvalue weighted by Crippen LogP contribution is 2.29. The molecule has 2 rings (SSSR count). The molecule has 1 aromatic rings. The molecule has 1 heterocycles. The lowest BCUT2D eigenvalue weighted by atomic mass is 10.1. The molecule has 0 saturated carbocycles. The van der Waals surface area contributed by atoms with Crippen LogP contribution in [0.2, 0.25) is 0 Å². The number of halogens is 1. The molecular formula is C14H20BrN3. The molecule has 3 N–H and O–H groups in total. The van der Waals surface area contributed by atoms with Gasteiger partial charge in [-0.15, -0.1) is 0 Å². The van der Waals surface area contributed by atoms with Gasteiger partial charge in [0, 0.05) is 28.3 Å². The molecule has 1 aromatic carbocycles. The van der Waals surface area contributed by atoms with Crippen LogP contribution in [0.25, 0.3) is 0 Å². The second kappa shape index (κ2) is 5.74. The van der Waals surface area contributed by atoms with Gasteiger partial charge in [-0.25, -0.2) is 0 Å². The number of nitrogens with zero attached hydrogens (tertiary/aromatic N) is 1. The maximum atomic E-state index is 7.72. The molecule has 0 spiro atoms. The fourth-order valence-corrected chi connectivity index (χ4v) is 2.95. The Morgan fingerprint density at radius 2 is 2.17 bits per heavy atom. The Morgan fingerprint density at radius 3 is 2.89 bits per heavy atom. The fraction of sp³-hybridized carbons (Fsp3) is 0.500. The summed E-state index contributed by atoms with van der Waals surface area (Å²) in [6, 6.07) is 6.47. The van der Waals surface area contributed by atoms with E-state index in [0.29, 0.717) is 6.04 Å². The summed E-state index contributed by atoms with van der Waals surface area (Å²) in [7, 11) is 0. The van der Waals surface area contributed by atoms with Gasteiger partial charge in [-0.05, 0) is 38.0 Å². The average Bonchev–Trinajstić information content (AvgIpc) is 2.53. The Bertz CT molecular complexity index is 445. The molecule has 1 saturated heterocycles. The zero-order chi connectivity index (χ0) is 13.1. The van der Waals surface area contributed by atoms with Gasteiger partial charge in [-0.2, -0.15) is 0 Å². The highest BCUT2D eigenvalue weighted by Gasteiger charge is 2.20. The molecule has 0 amide bonds. The van der Waals surface area contributed by atoms with Gasteiger partial charge in [0.05, 0.1) is 0 Å². The summed E-state index contributed by atoms with van der Waals surface area (Å²) in [5.74, 6) is 0.147. The van der Waals surface area contributed by atoms with E-state index in [0.717, 1.165) is 22.3 Å². The minimum Gasteiger partial charge on any atom is -0.384 e. The van der Waals surface area contributed by atoms with E-state index < -0.39 is 0 Å². The van der Waals surface area contributed by atoms with Gasteiger partial charge < -0.3 is 10.6 Å². The molecule has 1 aliphatic heterocycles. The molecule has 0 aliphatic carbocycles. The van der Waals surface area contributed by atoms with Crippen LogP contribution in [0.1, 0.15) is 38.2 Å². The normalized spacial score (nSPS) is 20.6. The maximum Gasteiger partial charge on any atom is 0.124 e. The minimum atomic E-state index is 0.147. The summed E-state index contributed by atoms with van der Waals surface area (Å²) in [5.41, 5.74) is 7.63. The molecular weight excluding hydrogens is 290 g/mol. The lowest BCUT2D eigenvalue weighted by molar-refractivity contribution is 0.616. The topological polar surface area (TPSA) is 53.1 Å². The summed E-state index contributed by atoms with van der Waals surface area (Å²) in [6.45, 7) is 3.31. The van der Waals surface area contributed by atoms with E-state index in [2.05, 4.69) is 33.8 Å². The third-order valence-electron chi connectivity index (χ3n) is 3.61. The van der Waals surface area contributed by atoms with Crippen molar-refractivity contribution < 1.29 is 0 Å². The fourth-order valence-electron chi connectivity index (χ4n) is 2.60. The zero-order valence-electron chi connectivity index (χ0n) is 10.7.